The summed E-state index contributed by atoms with van der Waals surface area (Å²) in [7, 11) is 0. The minimum atomic E-state index is -0.373. The van der Waals surface area contributed by atoms with Gasteiger partial charge in [0, 0.05) is 30.8 Å². The van der Waals surface area contributed by atoms with E-state index in [0.717, 1.165) is 11.5 Å². The second kappa shape index (κ2) is 12.3. The number of hydrogen-bond acceptors (Lipinski definition) is 6. The van der Waals surface area contributed by atoms with Gasteiger partial charge in [-0.3, -0.25) is 9.36 Å². The summed E-state index contributed by atoms with van der Waals surface area (Å²) in [6.45, 7) is 6.73. The van der Waals surface area contributed by atoms with Crippen molar-refractivity contribution < 1.29 is 39.1 Å². The van der Waals surface area contributed by atoms with Crippen LogP contribution in [0.15, 0.2) is 47.9 Å². The van der Waals surface area contributed by atoms with Crippen molar-refractivity contribution in [1.29, 1.82) is 0 Å². The van der Waals surface area contributed by atoms with Gasteiger partial charge in [-0.1, -0.05) is 19.3 Å². The molecule has 0 amide bonds. The molecule has 1 saturated carbocycles. The maximum Gasteiger partial charge on any atom is 1.00 e. The Hall–Kier alpha value is -1.81. The second-order valence-electron chi connectivity index (χ2n) is 7.96. The van der Waals surface area contributed by atoms with E-state index in [1.807, 2.05) is 18.3 Å². The third-order valence-corrected chi connectivity index (χ3v) is 4.54. The molecule has 0 saturated heterocycles. The predicted octanol–water partition coefficient (Wildman–Crippen LogP) is 0.220. The van der Waals surface area contributed by atoms with E-state index < -0.39 is 0 Å². The van der Waals surface area contributed by atoms with Gasteiger partial charge in [-0.2, -0.15) is 13.5 Å². The van der Waals surface area contributed by atoms with Gasteiger partial charge in [0.15, 0.2) is 0 Å². The fourth-order valence-electron chi connectivity index (χ4n) is 3.13. The van der Waals surface area contributed by atoms with Gasteiger partial charge in [-0.25, -0.2) is 9.97 Å². The molecule has 0 bridgehead atoms. The van der Waals surface area contributed by atoms with Gasteiger partial charge in [0.05, 0.1) is 17.5 Å². The number of pyridine rings is 1. The van der Waals surface area contributed by atoms with E-state index in [9.17, 15) is 9.59 Å². The Morgan fingerprint density at radius 2 is 1.84 bits per heavy atom. The van der Waals surface area contributed by atoms with Crippen LogP contribution in [0, 0.1) is 0 Å². The molecule has 1 fully saturated rings. The summed E-state index contributed by atoms with van der Waals surface area (Å²) in [5, 5.41) is 3.44. The number of hydrogen-bond donors (Lipinski definition) is 1. The molecule has 162 valence electrons. The van der Waals surface area contributed by atoms with E-state index in [1.165, 1.54) is 32.2 Å². The molecule has 10 heteroatoms. The molecule has 3 aromatic rings. The smallest absolute Gasteiger partial charge is 0.649 e. The van der Waals surface area contributed by atoms with E-state index in [2.05, 4.69) is 20.0 Å². The number of rotatable bonds is 4. The molecule has 1 N–H and O–H groups in total. The van der Waals surface area contributed by atoms with Crippen LogP contribution in [0.5, 0.6) is 0 Å². The van der Waals surface area contributed by atoms with Crippen LogP contribution in [0.1, 0.15) is 46.5 Å². The van der Waals surface area contributed by atoms with E-state index in [-0.39, 0.29) is 54.2 Å². The van der Waals surface area contributed by atoms with Crippen LogP contribution in [0.4, 0.5) is 5.82 Å². The molecule has 0 radical (unpaired) electrons. The Morgan fingerprint density at radius 3 is 2.39 bits per heavy atom. The first kappa shape index (κ1) is 27.2. The molecule has 8 nitrogen and oxygen atoms in total. The maximum atomic E-state index is 12.4. The molecule has 0 unspecified atom stereocenters. The number of nitrogens with one attached hydrogen (secondary N) is 1. The van der Waals surface area contributed by atoms with Crippen LogP contribution in [0.2, 0.25) is 0 Å². The fraction of sp³-hybridized carbons (Fsp3) is 0.429. The van der Waals surface area contributed by atoms with Gasteiger partial charge in [-0.05, 0) is 45.7 Å². The summed E-state index contributed by atoms with van der Waals surface area (Å²) >= 11 is 0. The van der Waals surface area contributed by atoms with E-state index in [4.69, 9.17) is 0 Å². The molecule has 31 heavy (non-hydrogen) atoms. The van der Waals surface area contributed by atoms with Gasteiger partial charge in [0.2, 0.25) is 5.65 Å². The number of imidazole rings is 1. The average molecular weight is 454 g/mol. The van der Waals surface area contributed by atoms with E-state index in [1.54, 1.807) is 54.5 Å². The van der Waals surface area contributed by atoms with Crippen molar-refractivity contribution >= 4 is 31.4 Å². The first-order valence-electron chi connectivity index (χ1n) is 9.70. The van der Waals surface area contributed by atoms with Crippen molar-refractivity contribution in [3.63, 3.8) is 0 Å². The van der Waals surface area contributed by atoms with Gasteiger partial charge < -0.3 is 19.2 Å². The molecule has 1 aliphatic carbocycles. The summed E-state index contributed by atoms with van der Waals surface area (Å²) in [5.41, 5.74) is 0.635. The number of fused-ring (bicyclic) bond motifs is 1. The summed E-state index contributed by atoms with van der Waals surface area (Å²) < 4.78 is 7.70. The number of aromatic nitrogens is 4. The number of ether oxygens (including phenoxy) is 1. The number of carbonyl (C=O) groups excluding carboxylic acids is 1. The second-order valence-corrected chi connectivity index (χ2v) is 7.96. The Morgan fingerprint density at radius 1 is 1.13 bits per heavy atom. The molecular weight excluding hydrogens is 425 g/mol. The quantitative estimate of drug-likeness (QED) is 0.449. The van der Waals surface area contributed by atoms with Gasteiger partial charge in [0.25, 0.3) is 5.56 Å². The van der Waals surface area contributed by atoms with Crippen molar-refractivity contribution in [2.45, 2.75) is 58.1 Å². The predicted molar refractivity (Wildman–Crippen MR) is 121 cm³/mol. The molecule has 0 spiro atoms. The molecule has 3 aromatic heterocycles. The number of anilines is 1. The fourth-order valence-corrected chi connectivity index (χ4v) is 3.13. The van der Waals surface area contributed by atoms with Crippen LogP contribution >= 0.6 is 13.5 Å². The Kier molecular flexibility index (Phi) is 10.8. The molecule has 1 aliphatic rings. The normalized spacial score (nSPS) is 13.4. The zero-order valence-electron chi connectivity index (χ0n) is 18.5. The Labute approximate surface area is 211 Å². The molecule has 0 aliphatic heterocycles. The summed E-state index contributed by atoms with van der Waals surface area (Å²) in [6.07, 6.45) is 13.6. The summed E-state index contributed by atoms with van der Waals surface area (Å²) in [4.78, 5) is 30.4. The van der Waals surface area contributed by atoms with Crippen LogP contribution in [-0.4, -0.2) is 37.1 Å². The zero-order chi connectivity index (χ0) is 20.9. The van der Waals surface area contributed by atoms with Gasteiger partial charge in [0.1, 0.15) is 5.82 Å². The molecule has 0 atom stereocenters. The van der Waals surface area contributed by atoms with Crippen LogP contribution in [-0.2, 0) is 9.53 Å². The largest absolute Gasteiger partial charge is 1.00 e. The topological polar surface area (TPSA) is 90.5 Å². The van der Waals surface area contributed by atoms with Crippen LogP contribution in [0.3, 0.4) is 0 Å². The SMILES string of the molecule is CC(C)(C)O[C-]=O.O=c1c2nccn2ccn1-c1ccc(NC2CCCC2)nc1.S.[Na+]. The van der Waals surface area contributed by atoms with E-state index >= 15 is 0 Å². The van der Waals surface area contributed by atoms with Crippen LogP contribution in [0.25, 0.3) is 11.3 Å². The van der Waals surface area contributed by atoms with Crippen molar-refractivity contribution in [2.24, 2.45) is 0 Å². The van der Waals surface area contributed by atoms with Crippen LogP contribution < -0.4 is 40.4 Å². The van der Waals surface area contributed by atoms with E-state index in [0.29, 0.717) is 11.7 Å². The number of nitrogens with zero attached hydrogens (tertiary/aromatic N) is 4. The first-order valence-corrected chi connectivity index (χ1v) is 9.70. The van der Waals surface area contributed by atoms with Crippen molar-refractivity contribution in [3.8, 4) is 5.69 Å². The molecule has 3 heterocycles. The third-order valence-electron chi connectivity index (χ3n) is 4.54. The van der Waals surface area contributed by atoms with Crippen molar-refractivity contribution in [1.82, 2.24) is 18.9 Å². The molecule has 4 rings (SSSR count). The molecular formula is C21H28N5NaO3S. The monoisotopic (exact) mass is 453 g/mol. The first-order chi connectivity index (χ1) is 13.9. The van der Waals surface area contributed by atoms with Crippen molar-refractivity contribution in [3.05, 3.63) is 53.5 Å². The molecule has 0 aromatic carbocycles. The Balaban J connectivity index is 0.000000469. The Bertz CT molecular complexity index is 1010. The zero-order valence-corrected chi connectivity index (χ0v) is 21.5. The standard InChI is InChI=1S/C16H17N5O.C5H9O2.Na.H2S/c22-16-15-17-7-8-20(15)9-10-21(16)13-5-6-14(18-11-13)19-12-3-1-2-4-12;1-5(2,3)7-4-6;;/h5-12H,1-4H2,(H,18,19);1-3H3;;1H2/q;-1;+1;. The van der Waals surface area contributed by atoms with Gasteiger partial charge in [-0.15, -0.1) is 0 Å². The van der Waals surface area contributed by atoms with Gasteiger partial charge >= 0.3 is 29.6 Å². The van der Waals surface area contributed by atoms with Crippen molar-refractivity contribution in [2.75, 3.05) is 5.32 Å². The summed E-state index contributed by atoms with van der Waals surface area (Å²) in [6, 6.07) is 4.36. The maximum absolute atomic E-state index is 12.4. The summed E-state index contributed by atoms with van der Waals surface area (Å²) in [5.74, 6) is 0.866. The third kappa shape index (κ3) is 7.68. The average Bonchev–Trinajstić information content (AvgIpc) is 3.34. The minimum Gasteiger partial charge on any atom is -0.649 e. The minimum absolute atomic E-state index is 0.